The number of aliphatic hydroxyl groups is 1. The van der Waals surface area contributed by atoms with Crippen LogP contribution in [0.2, 0.25) is 0 Å². The molecule has 4 nitrogen and oxygen atoms in total. The van der Waals surface area contributed by atoms with Gasteiger partial charge in [0.25, 0.3) is 0 Å². The summed E-state index contributed by atoms with van der Waals surface area (Å²) in [6.07, 6.45) is 10.0. The van der Waals surface area contributed by atoms with Crippen molar-refractivity contribution in [1.82, 2.24) is 10.6 Å². The SMILES string of the molecule is O=C(NCCCCC1CCCC1)NCC1(O)CCSC1. The molecular weight excluding hydrogens is 272 g/mol. The Balaban J connectivity index is 1.45. The van der Waals surface area contributed by atoms with Crippen molar-refractivity contribution < 1.29 is 9.90 Å². The minimum atomic E-state index is -0.690. The van der Waals surface area contributed by atoms with Crippen molar-refractivity contribution in [3.8, 4) is 0 Å². The van der Waals surface area contributed by atoms with Gasteiger partial charge in [0.1, 0.15) is 0 Å². The highest BCUT2D eigenvalue weighted by molar-refractivity contribution is 7.99. The molecule has 3 N–H and O–H groups in total. The third-order valence-corrected chi connectivity index (χ3v) is 5.69. The molecule has 20 heavy (non-hydrogen) atoms. The Kier molecular flexibility index (Phi) is 6.49. The Morgan fingerprint density at radius 2 is 2.05 bits per heavy atom. The van der Waals surface area contributed by atoms with Crippen LogP contribution in [0.5, 0.6) is 0 Å². The van der Waals surface area contributed by atoms with E-state index in [9.17, 15) is 9.90 Å². The average molecular weight is 300 g/mol. The van der Waals surface area contributed by atoms with Crippen LogP contribution in [0.25, 0.3) is 0 Å². The van der Waals surface area contributed by atoms with Gasteiger partial charge in [-0.05, 0) is 24.5 Å². The van der Waals surface area contributed by atoms with Crippen LogP contribution < -0.4 is 10.6 Å². The molecule has 116 valence electrons. The number of hydrogen-bond acceptors (Lipinski definition) is 3. The monoisotopic (exact) mass is 300 g/mol. The summed E-state index contributed by atoms with van der Waals surface area (Å²) in [4.78, 5) is 11.6. The molecule has 1 saturated carbocycles. The molecule has 2 fully saturated rings. The summed E-state index contributed by atoms with van der Waals surface area (Å²) in [5.41, 5.74) is -0.690. The van der Waals surface area contributed by atoms with Gasteiger partial charge in [0, 0.05) is 18.8 Å². The molecule has 1 aliphatic heterocycles. The summed E-state index contributed by atoms with van der Waals surface area (Å²) in [5, 5.41) is 15.8. The molecule has 0 aromatic carbocycles. The summed E-state index contributed by atoms with van der Waals surface area (Å²) < 4.78 is 0. The van der Waals surface area contributed by atoms with Gasteiger partial charge >= 0.3 is 6.03 Å². The summed E-state index contributed by atoms with van der Waals surface area (Å²) in [7, 11) is 0. The number of carbonyl (C=O) groups excluding carboxylic acids is 1. The first-order valence-electron chi connectivity index (χ1n) is 8.00. The Morgan fingerprint density at radius 1 is 1.25 bits per heavy atom. The molecule has 0 radical (unpaired) electrons. The molecule has 5 heteroatoms. The normalized spacial score (nSPS) is 26.9. The van der Waals surface area contributed by atoms with Gasteiger partial charge in [0.05, 0.1) is 5.60 Å². The predicted octanol–water partition coefficient (Wildman–Crippen LogP) is 2.51. The van der Waals surface area contributed by atoms with E-state index in [-0.39, 0.29) is 6.03 Å². The van der Waals surface area contributed by atoms with Crippen molar-refractivity contribution in [2.75, 3.05) is 24.6 Å². The molecule has 2 rings (SSSR count). The average Bonchev–Trinajstić information content (AvgIpc) is 3.08. The number of nitrogens with one attached hydrogen (secondary N) is 2. The molecule has 1 unspecified atom stereocenters. The van der Waals surface area contributed by atoms with E-state index in [0.717, 1.165) is 36.8 Å². The zero-order valence-electron chi connectivity index (χ0n) is 12.3. The van der Waals surface area contributed by atoms with Gasteiger partial charge in [-0.3, -0.25) is 0 Å². The fraction of sp³-hybridized carbons (Fsp3) is 0.933. The molecule has 0 spiro atoms. The smallest absolute Gasteiger partial charge is 0.314 e. The number of urea groups is 1. The lowest BCUT2D eigenvalue weighted by Crippen LogP contribution is -2.46. The molecule has 1 aliphatic carbocycles. The third-order valence-electron chi connectivity index (χ3n) is 4.46. The summed E-state index contributed by atoms with van der Waals surface area (Å²) in [6.45, 7) is 1.11. The van der Waals surface area contributed by atoms with E-state index in [4.69, 9.17) is 0 Å². The van der Waals surface area contributed by atoms with Crippen molar-refractivity contribution >= 4 is 17.8 Å². The minimum Gasteiger partial charge on any atom is -0.387 e. The van der Waals surface area contributed by atoms with Crippen molar-refractivity contribution in [2.24, 2.45) is 5.92 Å². The van der Waals surface area contributed by atoms with E-state index >= 15 is 0 Å². The number of hydrogen-bond donors (Lipinski definition) is 3. The van der Waals surface area contributed by atoms with Crippen molar-refractivity contribution in [1.29, 1.82) is 0 Å². The first-order valence-corrected chi connectivity index (χ1v) is 9.15. The van der Waals surface area contributed by atoms with Crippen LogP contribution in [0.4, 0.5) is 4.79 Å². The Hall–Kier alpha value is -0.420. The largest absolute Gasteiger partial charge is 0.387 e. The van der Waals surface area contributed by atoms with Crippen molar-refractivity contribution in [3.05, 3.63) is 0 Å². The number of rotatable bonds is 7. The van der Waals surface area contributed by atoms with Crippen LogP contribution in [0.3, 0.4) is 0 Å². The number of unbranched alkanes of at least 4 members (excludes halogenated alkanes) is 1. The van der Waals surface area contributed by atoms with E-state index < -0.39 is 5.60 Å². The fourth-order valence-corrected chi connectivity index (χ4v) is 4.40. The first kappa shape index (κ1) is 16.0. The molecule has 1 saturated heterocycles. The number of thioether (sulfide) groups is 1. The Bertz CT molecular complexity index is 300. The Labute approximate surface area is 126 Å². The fourth-order valence-electron chi connectivity index (χ4n) is 3.10. The second kappa shape index (κ2) is 8.13. The third kappa shape index (κ3) is 5.52. The van der Waals surface area contributed by atoms with E-state index in [1.807, 2.05) is 0 Å². The summed E-state index contributed by atoms with van der Waals surface area (Å²) in [6, 6.07) is -0.142. The molecule has 0 aromatic rings. The van der Waals surface area contributed by atoms with Gasteiger partial charge in [-0.1, -0.05) is 38.5 Å². The molecule has 0 bridgehead atoms. The van der Waals surface area contributed by atoms with Gasteiger partial charge in [0.15, 0.2) is 0 Å². The van der Waals surface area contributed by atoms with Gasteiger partial charge in [0.2, 0.25) is 0 Å². The zero-order valence-corrected chi connectivity index (χ0v) is 13.1. The Morgan fingerprint density at radius 3 is 2.75 bits per heavy atom. The highest BCUT2D eigenvalue weighted by Gasteiger charge is 2.31. The topological polar surface area (TPSA) is 61.4 Å². The molecule has 1 heterocycles. The van der Waals surface area contributed by atoms with Gasteiger partial charge in [-0.15, -0.1) is 0 Å². The van der Waals surface area contributed by atoms with Crippen LogP contribution in [0, 0.1) is 5.92 Å². The lowest BCUT2D eigenvalue weighted by molar-refractivity contribution is 0.0700. The van der Waals surface area contributed by atoms with E-state index in [1.54, 1.807) is 11.8 Å². The molecule has 2 aliphatic rings. The lowest BCUT2D eigenvalue weighted by Gasteiger charge is -2.21. The summed E-state index contributed by atoms with van der Waals surface area (Å²) >= 11 is 1.75. The van der Waals surface area contributed by atoms with Gasteiger partial charge in [-0.25, -0.2) is 4.79 Å². The van der Waals surface area contributed by atoms with E-state index in [2.05, 4.69) is 10.6 Å². The predicted molar refractivity (Wildman–Crippen MR) is 84.1 cm³/mol. The first-order chi connectivity index (χ1) is 9.68. The second-order valence-electron chi connectivity index (χ2n) is 6.28. The van der Waals surface area contributed by atoms with Gasteiger partial charge < -0.3 is 15.7 Å². The maximum absolute atomic E-state index is 11.6. The van der Waals surface area contributed by atoms with Crippen LogP contribution in [-0.2, 0) is 0 Å². The van der Waals surface area contributed by atoms with Crippen LogP contribution in [0.1, 0.15) is 51.4 Å². The zero-order chi connectivity index (χ0) is 14.3. The summed E-state index contributed by atoms with van der Waals surface area (Å²) in [5.74, 6) is 2.66. The van der Waals surface area contributed by atoms with E-state index in [1.165, 1.54) is 38.5 Å². The molecule has 0 aromatic heterocycles. The standard InChI is InChI=1S/C15H28N2O2S/c18-14(17-11-15(19)8-10-20-12-15)16-9-4-3-7-13-5-1-2-6-13/h13,19H,1-12H2,(H2,16,17,18). The quantitative estimate of drug-likeness (QED) is 0.633. The second-order valence-corrected chi connectivity index (χ2v) is 7.39. The number of carbonyl (C=O) groups is 1. The van der Waals surface area contributed by atoms with Crippen LogP contribution >= 0.6 is 11.8 Å². The van der Waals surface area contributed by atoms with Crippen LogP contribution in [0.15, 0.2) is 0 Å². The van der Waals surface area contributed by atoms with Crippen LogP contribution in [-0.4, -0.2) is 41.3 Å². The maximum Gasteiger partial charge on any atom is 0.314 e. The number of amides is 2. The van der Waals surface area contributed by atoms with E-state index in [0.29, 0.717) is 6.54 Å². The molecular formula is C15H28N2O2S. The lowest BCUT2D eigenvalue weighted by atomic mass is 10.0. The van der Waals surface area contributed by atoms with Crippen molar-refractivity contribution in [3.63, 3.8) is 0 Å². The minimum absolute atomic E-state index is 0.142. The highest BCUT2D eigenvalue weighted by Crippen LogP contribution is 2.29. The van der Waals surface area contributed by atoms with Gasteiger partial charge in [-0.2, -0.15) is 11.8 Å². The highest BCUT2D eigenvalue weighted by atomic mass is 32.2. The molecule has 2 amide bonds. The molecule has 1 atom stereocenters. The van der Waals surface area contributed by atoms with Crippen molar-refractivity contribution in [2.45, 2.75) is 57.0 Å². The maximum atomic E-state index is 11.6.